The predicted octanol–water partition coefficient (Wildman–Crippen LogP) is 2.53. The fraction of sp³-hybridized carbons (Fsp3) is 0.500. The van der Waals surface area contributed by atoms with Crippen molar-refractivity contribution in [2.45, 2.75) is 25.3 Å². The molecular formula is C8H11NS. The van der Waals surface area contributed by atoms with Gasteiger partial charge in [0.1, 0.15) is 0 Å². The lowest BCUT2D eigenvalue weighted by Gasteiger charge is -2.35. The Balaban J connectivity index is 1.92. The van der Waals surface area contributed by atoms with Gasteiger partial charge in [0.05, 0.1) is 0 Å². The highest BCUT2D eigenvalue weighted by atomic mass is 32.2. The van der Waals surface area contributed by atoms with Crippen LogP contribution in [0.3, 0.4) is 0 Å². The van der Waals surface area contributed by atoms with Gasteiger partial charge in [0.15, 0.2) is 0 Å². The van der Waals surface area contributed by atoms with Crippen molar-refractivity contribution in [1.82, 2.24) is 4.31 Å². The lowest BCUT2D eigenvalue weighted by atomic mass is 9.93. The molecule has 54 valence electrons. The molecule has 1 heterocycles. The molecule has 0 bridgehead atoms. The molecule has 2 aliphatic rings. The van der Waals surface area contributed by atoms with E-state index in [4.69, 9.17) is 0 Å². The Labute approximate surface area is 65.9 Å². The third-order valence-corrected chi connectivity index (χ3v) is 2.98. The van der Waals surface area contributed by atoms with Crippen molar-refractivity contribution >= 4 is 11.9 Å². The molecule has 0 unspecified atom stereocenters. The molecule has 10 heavy (non-hydrogen) atoms. The summed E-state index contributed by atoms with van der Waals surface area (Å²) in [4.78, 5) is 0. The summed E-state index contributed by atoms with van der Waals surface area (Å²) in [6.45, 7) is 0. The Bertz CT molecular complexity index is 170. The Morgan fingerprint density at radius 1 is 1.30 bits per heavy atom. The number of hydrogen-bond acceptors (Lipinski definition) is 2. The van der Waals surface area contributed by atoms with Gasteiger partial charge in [-0.1, -0.05) is 6.08 Å². The normalized spacial score (nSPS) is 25.0. The van der Waals surface area contributed by atoms with E-state index >= 15 is 0 Å². The van der Waals surface area contributed by atoms with Crippen LogP contribution in [-0.4, -0.2) is 10.3 Å². The zero-order valence-electron chi connectivity index (χ0n) is 5.86. The topological polar surface area (TPSA) is 3.24 Å². The molecule has 1 saturated carbocycles. The summed E-state index contributed by atoms with van der Waals surface area (Å²) in [6.07, 6.45) is 10.5. The molecule has 1 nitrogen and oxygen atoms in total. The summed E-state index contributed by atoms with van der Waals surface area (Å²) in [5.74, 6) is 0. The molecule has 1 aliphatic carbocycles. The third kappa shape index (κ3) is 1.08. The highest BCUT2D eigenvalue weighted by Crippen LogP contribution is 2.31. The molecule has 0 amide bonds. The molecular weight excluding hydrogens is 142 g/mol. The maximum atomic E-state index is 2.35. The third-order valence-electron chi connectivity index (χ3n) is 2.04. The largest absolute Gasteiger partial charge is 0.317 e. The molecule has 0 N–H and O–H groups in total. The maximum Gasteiger partial charge on any atom is 0.0403 e. The van der Waals surface area contributed by atoms with Crippen LogP contribution in [0.2, 0.25) is 0 Å². The quantitative estimate of drug-likeness (QED) is 0.532. The Morgan fingerprint density at radius 3 is 2.70 bits per heavy atom. The van der Waals surface area contributed by atoms with E-state index in [1.807, 2.05) is 11.9 Å². The van der Waals surface area contributed by atoms with Crippen LogP contribution in [0.1, 0.15) is 19.3 Å². The van der Waals surface area contributed by atoms with E-state index in [1.54, 1.807) is 0 Å². The standard InChI is InChI=1S/C8H11NS/c1-2-7-10-9(6-1)8-4-3-5-8/h1-2,6-8H,3-5H2. The van der Waals surface area contributed by atoms with Crippen LogP contribution in [0.15, 0.2) is 23.8 Å². The van der Waals surface area contributed by atoms with Gasteiger partial charge >= 0.3 is 0 Å². The van der Waals surface area contributed by atoms with Gasteiger partial charge in [-0.3, -0.25) is 0 Å². The van der Waals surface area contributed by atoms with Crippen molar-refractivity contribution in [2.75, 3.05) is 0 Å². The zero-order valence-corrected chi connectivity index (χ0v) is 6.68. The van der Waals surface area contributed by atoms with E-state index in [0.29, 0.717) is 0 Å². The number of rotatable bonds is 1. The summed E-state index contributed by atoms with van der Waals surface area (Å²) in [6, 6.07) is 0.825. The van der Waals surface area contributed by atoms with Crippen LogP contribution < -0.4 is 0 Å². The molecule has 0 radical (unpaired) electrons. The molecule has 0 aromatic heterocycles. The van der Waals surface area contributed by atoms with Gasteiger partial charge in [0, 0.05) is 12.2 Å². The molecule has 1 fully saturated rings. The van der Waals surface area contributed by atoms with Gasteiger partial charge in [-0.15, -0.1) is 0 Å². The second-order valence-electron chi connectivity index (χ2n) is 2.72. The lowest BCUT2D eigenvalue weighted by Crippen LogP contribution is -2.31. The molecule has 1 aliphatic heterocycles. The van der Waals surface area contributed by atoms with Crippen LogP contribution >= 0.6 is 11.9 Å². The first-order valence-electron chi connectivity index (χ1n) is 3.75. The number of allylic oxidation sites excluding steroid dienone is 2. The van der Waals surface area contributed by atoms with Gasteiger partial charge in [-0.05, 0) is 42.7 Å². The second-order valence-corrected chi connectivity index (χ2v) is 3.62. The zero-order chi connectivity index (χ0) is 6.81. The highest BCUT2D eigenvalue weighted by Gasteiger charge is 2.22. The average molecular weight is 153 g/mol. The smallest absolute Gasteiger partial charge is 0.0403 e. The molecule has 0 saturated heterocycles. The summed E-state index contributed by atoms with van der Waals surface area (Å²) >= 11 is 1.81. The van der Waals surface area contributed by atoms with E-state index in [2.05, 4.69) is 28.1 Å². The Hall–Kier alpha value is -0.370. The summed E-state index contributed by atoms with van der Waals surface area (Å²) < 4.78 is 2.35. The summed E-state index contributed by atoms with van der Waals surface area (Å²) in [7, 11) is 0. The SMILES string of the molecule is C1=CSN(C2CCC2)C=C1. The summed E-state index contributed by atoms with van der Waals surface area (Å²) in [5, 5.41) is 2.14. The van der Waals surface area contributed by atoms with Crippen molar-refractivity contribution in [3.05, 3.63) is 23.8 Å². The number of nitrogens with zero attached hydrogens (tertiary/aromatic N) is 1. The molecule has 0 aromatic carbocycles. The molecule has 2 heteroatoms. The monoisotopic (exact) mass is 153 g/mol. The molecule has 0 spiro atoms. The maximum absolute atomic E-state index is 2.35. The Morgan fingerprint density at radius 2 is 2.20 bits per heavy atom. The first-order valence-corrected chi connectivity index (χ1v) is 4.59. The fourth-order valence-electron chi connectivity index (χ4n) is 1.17. The van der Waals surface area contributed by atoms with Crippen molar-refractivity contribution in [1.29, 1.82) is 0 Å². The molecule has 0 atom stereocenters. The van der Waals surface area contributed by atoms with E-state index in [-0.39, 0.29) is 0 Å². The minimum Gasteiger partial charge on any atom is -0.317 e. The van der Waals surface area contributed by atoms with Gasteiger partial charge in [-0.25, -0.2) is 0 Å². The van der Waals surface area contributed by atoms with E-state index in [1.165, 1.54) is 19.3 Å². The minimum absolute atomic E-state index is 0.825. The van der Waals surface area contributed by atoms with Crippen LogP contribution in [0, 0.1) is 0 Å². The summed E-state index contributed by atoms with van der Waals surface area (Å²) in [5.41, 5.74) is 0. The lowest BCUT2D eigenvalue weighted by molar-refractivity contribution is 0.287. The van der Waals surface area contributed by atoms with Crippen molar-refractivity contribution in [3.8, 4) is 0 Å². The van der Waals surface area contributed by atoms with Crippen LogP contribution in [0.5, 0.6) is 0 Å². The number of hydrogen-bond donors (Lipinski definition) is 0. The predicted molar refractivity (Wildman–Crippen MR) is 45.3 cm³/mol. The van der Waals surface area contributed by atoms with Gasteiger partial charge < -0.3 is 4.31 Å². The van der Waals surface area contributed by atoms with Crippen LogP contribution in [0.4, 0.5) is 0 Å². The van der Waals surface area contributed by atoms with E-state index < -0.39 is 0 Å². The van der Waals surface area contributed by atoms with Crippen molar-refractivity contribution < 1.29 is 0 Å². The first-order chi connectivity index (χ1) is 4.97. The highest BCUT2D eigenvalue weighted by molar-refractivity contribution is 8.00. The van der Waals surface area contributed by atoms with Gasteiger partial charge in [0.2, 0.25) is 0 Å². The average Bonchev–Trinajstić information content (AvgIpc) is 1.86. The molecule has 0 aromatic rings. The first kappa shape index (κ1) is 6.35. The van der Waals surface area contributed by atoms with Crippen molar-refractivity contribution in [3.63, 3.8) is 0 Å². The van der Waals surface area contributed by atoms with Crippen LogP contribution in [0.25, 0.3) is 0 Å². The van der Waals surface area contributed by atoms with Gasteiger partial charge in [0.25, 0.3) is 0 Å². The van der Waals surface area contributed by atoms with E-state index in [0.717, 1.165) is 6.04 Å². The Kier molecular flexibility index (Phi) is 1.72. The van der Waals surface area contributed by atoms with Crippen molar-refractivity contribution in [2.24, 2.45) is 0 Å². The molecule has 2 rings (SSSR count). The van der Waals surface area contributed by atoms with Gasteiger partial charge in [-0.2, -0.15) is 0 Å². The minimum atomic E-state index is 0.825. The van der Waals surface area contributed by atoms with E-state index in [9.17, 15) is 0 Å². The fourth-order valence-corrected chi connectivity index (χ4v) is 1.99. The second kappa shape index (κ2) is 2.70. The van der Waals surface area contributed by atoms with Crippen LogP contribution in [-0.2, 0) is 0 Å².